The molecule has 2 rings (SSSR count). The molecule has 112 valence electrons. The van der Waals surface area contributed by atoms with E-state index in [0.29, 0.717) is 6.04 Å². The Labute approximate surface area is 125 Å². The standard InChI is InChI=1S/C17H30N2Si/c1-6-19-12-11-18(13-15(19)2)14-16-7-9-17(10-8-16)20(3,4)5/h7-10,15H,6,11-14H2,1-5H3. The second kappa shape index (κ2) is 6.42. The van der Waals surface area contributed by atoms with Gasteiger partial charge in [-0.05, 0) is 19.0 Å². The van der Waals surface area contributed by atoms with Crippen molar-refractivity contribution in [2.75, 3.05) is 26.2 Å². The Morgan fingerprint density at radius 2 is 1.75 bits per heavy atom. The van der Waals surface area contributed by atoms with Crippen molar-refractivity contribution in [2.24, 2.45) is 0 Å². The third-order valence-corrected chi connectivity index (χ3v) is 6.55. The van der Waals surface area contributed by atoms with Crippen molar-refractivity contribution in [3.63, 3.8) is 0 Å². The summed E-state index contributed by atoms with van der Waals surface area (Å²) in [6.45, 7) is 17.7. The normalized spacial score (nSPS) is 22.1. The van der Waals surface area contributed by atoms with E-state index in [1.54, 1.807) is 5.19 Å². The summed E-state index contributed by atoms with van der Waals surface area (Å²) in [5.41, 5.74) is 1.46. The first kappa shape index (κ1) is 15.7. The van der Waals surface area contributed by atoms with E-state index in [-0.39, 0.29) is 0 Å². The summed E-state index contributed by atoms with van der Waals surface area (Å²) in [4.78, 5) is 5.17. The van der Waals surface area contributed by atoms with Crippen LogP contribution in [0, 0.1) is 0 Å². The van der Waals surface area contributed by atoms with E-state index in [2.05, 4.69) is 67.6 Å². The minimum absolute atomic E-state index is 0.690. The number of rotatable bonds is 4. The molecule has 1 aromatic carbocycles. The average molecular weight is 291 g/mol. The number of likely N-dealkylation sites (N-methyl/N-ethyl adjacent to an activating group) is 1. The molecule has 3 heteroatoms. The van der Waals surface area contributed by atoms with Gasteiger partial charge in [0, 0.05) is 32.2 Å². The third-order valence-electron chi connectivity index (χ3n) is 4.48. The zero-order valence-electron chi connectivity index (χ0n) is 13.8. The van der Waals surface area contributed by atoms with Gasteiger partial charge in [-0.1, -0.05) is 56.0 Å². The predicted molar refractivity (Wildman–Crippen MR) is 91.4 cm³/mol. The van der Waals surface area contributed by atoms with Crippen LogP contribution in [0.5, 0.6) is 0 Å². The summed E-state index contributed by atoms with van der Waals surface area (Å²) < 4.78 is 0. The van der Waals surface area contributed by atoms with Crippen molar-refractivity contribution in [1.29, 1.82) is 0 Å². The minimum atomic E-state index is -1.15. The van der Waals surface area contributed by atoms with Gasteiger partial charge in [-0.2, -0.15) is 0 Å². The van der Waals surface area contributed by atoms with Crippen LogP contribution in [0.25, 0.3) is 0 Å². The molecule has 1 aromatic rings. The van der Waals surface area contributed by atoms with E-state index in [1.807, 2.05) is 0 Å². The number of nitrogens with zero attached hydrogens (tertiary/aromatic N) is 2. The zero-order chi connectivity index (χ0) is 14.8. The van der Waals surface area contributed by atoms with E-state index in [0.717, 1.165) is 6.54 Å². The minimum Gasteiger partial charge on any atom is -0.298 e. The molecule has 1 aliphatic rings. The fraction of sp³-hybridized carbons (Fsp3) is 0.647. The molecule has 1 atom stereocenters. The summed E-state index contributed by atoms with van der Waals surface area (Å²) in [5, 5.41) is 1.56. The Morgan fingerprint density at radius 1 is 1.10 bits per heavy atom. The molecule has 1 unspecified atom stereocenters. The van der Waals surface area contributed by atoms with E-state index in [4.69, 9.17) is 0 Å². The van der Waals surface area contributed by atoms with Crippen LogP contribution in [0.4, 0.5) is 0 Å². The molecular weight excluding hydrogens is 260 g/mol. The van der Waals surface area contributed by atoms with Crippen molar-refractivity contribution in [2.45, 2.75) is 46.1 Å². The molecule has 20 heavy (non-hydrogen) atoms. The lowest BCUT2D eigenvalue weighted by Gasteiger charge is -2.39. The fourth-order valence-corrected chi connectivity index (χ4v) is 4.22. The number of benzene rings is 1. The molecule has 0 N–H and O–H groups in total. The monoisotopic (exact) mass is 290 g/mol. The number of piperazine rings is 1. The van der Waals surface area contributed by atoms with Crippen LogP contribution in [-0.4, -0.2) is 50.1 Å². The second-order valence-corrected chi connectivity index (χ2v) is 12.2. The molecule has 0 amide bonds. The van der Waals surface area contributed by atoms with Gasteiger partial charge in [-0.15, -0.1) is 0 Å². The van der Waals surface area contributed by atoms with Gasteiger partial charge in [0.2, 0.25) is 0 Å². The van der Waals surface area contributed by atoms with Gasteiger partial charge in [-0.25, -0.2) is 0 Å². The average Bonchev–Trinajstić information content (AvgIpc) is 2.38. The summed E-state index contributed by atoms with van der Waals surface area (Å²) in [6, 6.07) is 10.1. The van der Waals surface area contributed by atoms with E-state index < -0.39 is 8.07 Å². The van der Waals surface area contributed by atoms with Crippen molar-refractivity contribution in [3.05, 3.63) is 29.8 Å². The molecule has 1 heterocycles. The largest absolute Gasteiger partial charge is 0.298 e. The zero-order valence-corrected chi connectivity index (χ0v) is 14.8. The van der Waals surface area contributed by atoms with Crippen LogP contribution in [0.15, 0.2) is 24.3 Å². The topological polar surface area (TPSA) is 6.48 Å². The van der Waals surface area contributed by atoms with E-state index in [1.165, 1.54) is 31.7 Å². The lowest BCUT2D eigenvalue weighted by molar-refractivity contribution is 0.0834. The van der Waals surface area contributed by atoms with Gasteiger partial charge in [0.25, 0.3) is 0 Å². The Morgan fingerprint density at radius 3 is 2.25 bits per heavy atom. The fourth-order valence-electron chi connectivity index (χ4n) is 3.05. The Hall–Kier alpha value is -0.643. The van der Waals surface area contributed by atoms with Gasteiger partial charge in [0.05, 0.1) is 8.07 Å². The Bertz CT molecular complexity index is 422. The van der Waals surface area contributed by atoms with Crippen LogP contribution in [-0.2, 0) is 6.54 Å². The summed E-state index contributed by atoms with van der Waals surface area (Å²) in [7, 11) is -1.15. The van der Waals surface area contributed by atoms with Crippen LogP contribution in [0.2, 0.25) is 19.6 Å². The van der Waals surface area contributed by atoms with E-state index in [9.17, 15) is 0 Å². The highest BCUT2D eigenvalue weighted by atomic mass is 28.3. The predicted octanol–water partition coefficient (Wildman–Crippen LogP) is 2.76. The molecule has 1 fully saturated rings. The molecule has 0 aromatic heterocycles. The summed E-state index contributed by atoms with van der Waals surface area (Å²) in [5.74, 6) is 0. The first-order valence-electron chi connectivity index (χ1n) is 7.96. The highest BCUT2D eigenvalue weighted by molar-refractivity contribution is 6.88. The van der Waals surface area contributed by atoms with Crippen LogP contribution in [0.3, 0.4) is 0 Å². The molecule has 1 saturated heterocycles. The second-order valence-electron chi connectivity index (χ2n) is 7.16. The van der Waals surface area contributed by atoms with Gasteiger partial charge in [0.15, 0.2) is 0 Å². The van der Waals surface area contributed by atoms with Crippen molar-refractivity contribution in [3.8, 4) is 0 Å². The van der Waals surface area contributed by atoms with Crippen molar-refractivity contribution < 1.29 is 0 Å². The molecule has 2 nitrogen and oxygen atoms in total. The molecule has 1 aliphatic heterocycles. The molecule has 0 saturated carbocycles. The highest BCUT2D eigenvalue weighted by Gasteiger charge is 2.22. The number of hydrogen-bond donors (Lipinski definition) is 0. The molecule has 0 spiro atoms. The van der Waals surface area contributed by atoms with Gasteiger partial charge in [0.1, 0.15) is 0 Å². The van der Waals surface area contributed by atoms with E-state index >= 15 is 0 Å². The van der Waals surface area contributed by atoms with Crippen LogP contribution < -0.4 is 5.19 Å². The first-order chi connectivity index (χ1) is 9.40. The van der Waals surface area contributed by atoms with Gasteiger partial charge < -0.3 is 0 Å². The maximum atomic E-state index is 2.60. The number of hydrogen-bond acceptors (Lipinski definition) is 2. The summed E-state index contributed by atoms with van der Waals surface area (Å²) >= 11 is 0. The van der Waals surface area contributed by atoms with Gasteiger partial charge in [-0.3, -0.25) is 9.80 Å². The summed E-state index contributed by atoms with van der Waals surface area (Å²) in [6.07, 6.45) is 0. The Balaban J connectivity index is 1.94. The molecule has 0 bridgehead atoms. The van der Waals surface area contributed by atoms with Crippen molar-refractivity contribution >= 4 is 13.3 Å². The van der Waals surface area contributed by atoms with Gasteiger partial charge >= 0.3 is 0 Å². The lowest BCUT2D eigenvalue weighted by atomic mass is 10.1. The smallest absolute Gasteiger partial charge is 0.0775 e. The molecule has 0 aliphatic carbocycles. The van der Waals surface area contributed by atoms with Crippen LogP contribution >= 0.6 is 0 Å². The molecular formula is C17H30N2Si. The van der Waals surface area contributed by atoms with Crippen molar-refractivity contribution in [1.82, 2.24) is 9.80 Å². The SMILES string of the molecule is CCN1CCN(Cc2ccc([Si](C)(C)C)cc2)CC1C. The molecule has 0 radical (unpaired) electrons. The lowest BCUT2D eigenvalue weighted by Crippen LogP contribution is -2.51. The quantitative estimate of drug-likeness (QED) is 0.787. The van der Waals surface area contributed by atoms with Crippen LogP contribution in [0.1, 0.15) is 19.4 Å². The maximum Gasteiger partial charge on any atom is 0.0775 e. The maximum absolute atomic E-state index is 2.60. The Kier molecular flexibility index (Phi) is 5.05. The third kappa shape index (κ3) is 3.93. The highest BCUT2D eigenvalue weighted by Crippen LogP contribution is 2.13. The first-order valence-corrected chi connectivity index (χ1v) is 11.5.